The van der Waals surface area contributed by atoms with E-state index in [2.05, 4.69) is 10.6 Å². The highest BCUT2D eigenvalue weighted by molar-refractivity contribution is 5.74. The minimum Gasteiger partial charge on any atom is -0.377 e. The molecule has 0 aromatic carbocycles. The van der Waals surface area contributed by atoms with E-state index in [1.807, 2.05) is 0 Å². The van der Waals surface area contributed by atoms with Crippen molar-refractivity contribution in [3.63, 3.8) is 0 Å². The van der Waals surface area contributed by atoms with E-state index in [4.69, 9.17) is 9.47 Å². The van der Waals surface area contributed by atoms with E-state index in [1.165, 1.54) is 0 Å². The third kappa shape index (κ3) is 6.55. The van der Waals surface area contributed by atoms with Crippen molar-refractivity contribution in [1.82, 2.24) is 10.6 Å². The lowest BCUT2D eigenvalue weighted by molar-refractivity contribution is -0.183. The van der Waals surface area contributed by atoms with Gasteiger partial charge >= 0.3 is 12.2 Å². The molecule has 0 aromatic rings. The van der Waals surface area contributed by atoms with E-state index in [0.717, 1.165) is 19.4 Å². The lowest BCUT2D eigenvalue weighted by atomic mass is 9.85. The average Bonchev–Trinajstić information content (AvgIpc) is 2.99. The van der Waals surface area contributed by atoms with E-state index in [9.17, 15) is 18.0 Å². The fourth-order valence-corrected chi connectivity index (χ4v) is 3.08. The summed E-state index contributed by atoms with van der Waals surface area (Å²) in [6.07, 6.45) is -0.787. The minimum atomic E-state index is -4.17. The predicted molar refractivity (Wildman–Crippen MR) is 78.1 cm³/mol. The van der Waals surface area contributed by atoms with Gasteiger partial charge in [0.2, 0.25) is 0 Å². The zero-order chi connectivity index (χ0) is 16.7. The van der Waals surface area contributed by atoms with Crippen molar-refractivity contribution in [2.75, 3.05) is 26.4 Å². The average molecular weight is 338 g/mol. The second-order valence-electron chi connectivity index (χ2n) is 6.21. The van der Waals surface area contributed by atoms with E-state index < -0.39 is 24.2 Å². The Labute approximate surface area is 134 Å². The molecule has 5 nitrogen and oxygen atoms in total. The molecule has 0 radical (unpaired) electrons. The predicted octanol–water partition coefficient (Wildman–Crippen LogP) is 2.60. The molecule has 0 aromatic heterocycles. The maximum Gasteiger partial charge on any atom is 0.391 e. The first-order chi connectivity index (χ1) is 10.9. The standard InChI is InChI=1S/C15H25F3N2O3/c16-15(17,18)11-3-1-4-12(9-11)20-14(21)19-6-8-22-10-13-5-2-7-23-13/h11-13H,1-10H2,(H2,19,20,21)/t11-,12+,13-/m0/s1. The van der Waals surface area contributed by atoms with Crippen molar-refractivity contribution in [3.05, 3.63) is 0 Å². The SMILES string of the molecule is O=C(NCCOC[C@@H]1CCCO1)N[C@@H]1CCC[C@H](C(F)(F)F)C1. The summed E-state index contributed by atoms with van der Waals surface area (Å²) in [6, 6.07) is -0.846. The van der Waals surface area contributed by atoms with Gasteiger partial charge in [-0.2, -0.15) is 13.2 Å². The lowest BCUT2D eigenvalue weighted by Gasteiger charge is -2.31. The molecule has 1 saturated heterocycles. The van der Waals surface area contributed by atoms with Gasteiger partial charge in [-0.15, -0.1) is 0 Å². The number of halogens is 3. The summed E-state index contributed by atoms with van der Waals surface area (Å²) in [4.78, 5) is 11.7. The van der Waals surface area contributed by atoms with Crippen molar-refractivity contribution >= 4 is 6.03 Å². The van der Waals surface area contributed by atoms with Crippen molar-refractivity contribution < 1.29 is 27.4 Å². The van der Waals surface area contributed by atoms with E-state index in [1.54, 1.807) is 0 Å². The maximum atomic E-state index is 12.7. The van der Waals surface area contributed by atoms with Crippen LogP contribution in [0.5, 0.6) is 0 Å². The first kappa shape index (κ1) is 18.3. The zero-order valence-corrected chi connectivity index (χ0v) is 13.2. The number of rotatable bonds is 6. The van der Waals surface area contributed by atoms with Crippen molar-refractivity contribution in [2.24, 2.45) is 5.92 Å². The Kier molecular flexibility index (Phi) is 6.95. The lowest BCUT2D eigenvalue weighted by Crippen LogP contribution is -2.46. The summed E-state index contributed by atoms with van der Waals surface area (Å²) in [6.45, 7) is 1.98. The molecule has 2 fully saturated rings. The first-order valence-corrected chi connectivity index (χ1v) is 8.25. The van der Waals surface area contributed by atoms with Gasteiger partial charge in [0.05, 0.1) is 25.2 Å². The van der Waals surface area contributed by atoms with Gasteiger partial charge < -0.3 is 20.1 Å². The maximum absolute atomic E-state index is 12.7. The van der Waals surface area contributed by atoms with Crippen LogP contribution in [0, 0.1) is 5.92 Å². The molecule has 1 saturated carbocycles. The molecule has 1 aliphatic heterocycles. The Morgan fingerprint density at radius 3 is 2.74 bits per heavy atom. The summed E-state index contributed by atoms with van der Waals surface area (Å²) < 4.78 is 48.9. The summed E-state index contributed by atoms with van der Waals surface area (Å²) in [5, 5.41) is 5.23. The van der Waals surface area contributed by atoms with Crippen molar-refractivity contribution in [2.45, 2.75) is 56.8 Å². The highest BCUT2D eigenvalue weighted by atomic mass is 19.4. The number of carbonyl (C=O) groups is 1. The van der Waals surface area contributed by atoms with Crippen LogP contribution in [-0.4, -0.2) is 50.7 Å². The van der Waals surface area contributed by atoms with Gasteiger partial charge in [-0.05, 0) is 32.1 Å². The Bertz CT molecular complexity index is 373. The Balaban J connectivity index is 1.55. The number of hydrogen-bond donors (Lipinski definition) is 2. The number of urea groups is 1. The number of nitrogens with one attached hydrogen (secondary N) is 2. The molecule has 2 amide bonds. The molecule has 2 rings (SSSR count). The number of ether oxygens (including phenoxy) is 2. The van der Waals surface area contributed by atoms with Gasteiger partial charge in [0.25, 0.3) is 0 Å². The molecule has 1 heterocycles. The molecule has 3 atom stereocenters. The van der Waals surface area contributed by atoms with Gasteiger partial charge in [0.15, 0.2) is 0 Å². The molecule has 8 heteroatoms. The van der Waals surface area contributed by atoms with Gasteiger partial charge in [-0.1, -0.05) is 6.42 Å². The Hall–Kier alpha value is -1.02. The molecule has 1 aliphatic carbocycles. The zero-order valence-electron chi connectivity index (χ0n) is 13.2. The minimum absolute atomic E-state index is 0.0353. The molecule has 0 bridgehead atoms. The Morgan fingerprint density at radius 2 is 2.04 bits per heavy atom. The van der Waals surface area contributed by atoms with Gasteiger partial charge in [-0.3, -0.25) is 0 Å². The molecule has 0 unspecified atom stereocenters. The van der Waals surface area contributed by atoms with Gasteiger partial charge in [-0.25, -0.2) is 4.79 Å². The quantitative estimate of drug-likeness (QED) is 0.732. The first-order valence-electron chi connectivity index (χ1n) is 8.25. The fourth-order valence-electron chi connectivity index (χ4n) is 3.08. The molecule has 2 aliphatic rings. The second kappa shape index (κ2) is 8.73. The molecular weight excluding hydrogens is 313 g/mol. The third-order valence-electron chi connectivity index (χ3n) is 4.33. The van der Waals surface area contributed by atoms with E-state index in [-0.39, 0.29) is 18.9 Å². The van der Waals surface area contributed by atoms with E-state index in [0.29, 0.717) is 32.6 Å². The summed E-state index contributed by atoms with van der Waals surface area (Å²) in [5.74, 6) is -1.31. The molecule has 23 heavy (non-hydrogen) atoms. The third-order valence-corrected chi connectivity index (χ3v) is 4.33. The van der Waals surface area contributed by atoms with Gasteiger partial charge in [0.1, 0.15) is 0 Å². The molecule has 0 spiro atoms. The largest absolute Gasteiger partial charge is 0.391 e. The monoisotopic (exact) mass is 338 g/mol. The smallest absolute Gasteiger partial charge is 0.377 e. The summed E-state index contributed by atoms with van der Waals surface area (Å²) >= 11 is 0. The van der Waals surface area contributed by atoms with Crippen LogP contribution in [0.2, 0.25) is 0 Å². The van der Waals surface area contributed by atoms with Crippen LogP contribution in [0.25, 0.3) is 0 Å². The van der Waals surface area contributed by atoms with Crippen LogP contribution in [0.3, 0.4) is 0 Å². The second-order valence-corrected chi connectivity index (χ2v) is 6.21. The van der Waals surface area contributed by atoms with Crippen LogP contribution in [0.4, 0.5) is 18.0 Å². The summed E-state index contributed by atoms with van der Waals surface area (Å²) in [7, 11) is 0. The highest BCUT2D eigenvalue weighted by Gasteiger charge is 2.42. The van der Waals surface area contributed by atoms with Crippen LogP contribution in [0.15, 0.2) is 0 Å². The number of hydrogen-bond acceptors (Lipinski definition) is 3. The Morgan fingerprint density at radius 1 is 1.22 bits per heavy atom. The fraction of sp³-hybridized carbons (Fsp3) is 0.933. The topological polar surface area (TPSA) is 59.6 Å². The van der Waals surface area contributed by atoms with Crippen molar-refractivity contribution in [3.8, 4) is 0 Å². The van der Waals surface area contributed by atoms with E-state index >= 15 is 0 Å². The number of alkyl halides is 3. The number of amides is 2. The molecule has 134 valence electrons. The molecular formula is C15H25F3N2O3. The van der Waals surface area contributed by atoms with Crippen LogP contribution < -0.4 is 10.6 Å². The normalized spacial score (nSPS) is 28.6. The van der Waals surface area contributed by atoms with Crippen LogP contribution >= 0.6 is 0 Å². The van der Waals surface area contributed by atoms with Crippen LogP contribution in [-0.2, 0) is 9.47 Å². The highest BCUT2D eigenvalue weighted by Crippen LogP contribution is 2.37. The summed E-state index contributed by atoms with van der Waals surface area (Å²) in [5.41, 5.74) is 0. The van der Waals surface area contributed by atoms with Crippen LogP contribution in [0.1, 0.15) is 38.5 Å². The van der Waals surface area contributed by atoms with Crippen molar-refractivity contribution in [1.29, 1.82) is 0 Å². The number of carbonyl (C=O) groups excluding carboxylic acids is 1. The van der Waals surface area contributed by atoms with Gasteiger partial charge in [0, 0.05) is 19.2 Å². The molecule has 2 N–H and O–H groups in total.